The average Bonchev–Trinajstić information content (AvgIpc) is 2.56. The van der Waals surface area contributed by atoms with Gasteiger partial charge in [-0.2, -0.15) is 0 Å². The predicted molar refractivity (Wildman–Crippen MR) is 61.2 cm³/mol. The molecule has 0 saturated heterocycles. The number of rotatable bonds is 5. The zero-order valence-corrected chi connectivity index (χ0v) is 9.04. The summed E-state index contributed by atoms with van der Waals surface area (Å²) in [5.74, 6) is 0.967. The summed E-state index contributed by atoms with van der Waals surface area (Å²) >= 11 is 0. The molecule has 0 aromatic carbocycles. The topological polar surface area (TPSA) is 9.23 Å². The maximum atomic E-state index is 5.83. The van der Waals surface area contributed by atoms with E-state index >= 15 is 0 Å². The second-order valence-corrected chi connectivity index (χ2v) is 4.11. The normalized spacial score (nSPS) is 31.4. The van der Waals surface area contributed by atoms with Gasteiger partial charge < -0.3 is 4.74 Å². The summed E-state index contributed by atoms with van der Waals surface area (Å²) in [4.78, 5) is 0. The monoisotopic (exact) mass is 192 g/mol. The predicted octanol–water partition coefficient (Wildman–Crippen LogP) is 3.35. The first-order valence-electron chi connectivity index (χ1n) is 5.20. The summed E-state index contributed by atoms with van der Waals surface area (Å²) in [6, 6.07) is 0. The molecule has 1 saturated carbocycles. The fourth-order valence-electron chi connectivity index (χ4n) is 2.02. The molecule has 0 N–H and O–H groups in total. The van der Waals surface area contributed by atoms with E-state index in [0.717, 1.165) is 5.57 Å². The Morgan fingerprint density at radius 2 is 1.79 bits per heavy atom. The maximum absolute atomic E-state index is 5.83. The standard InChI is InChI=1S/C13H20O/c1-5-11-7-8-12(6-2)13(11)14-9-10(3)4/h5-6,11-13H,1-3,7-9H2,4H3/t11-,12+,13?. The van der Waals surface area contributed by atoms with Gasteiger partial charge in [-0.25, -0.2) is 0 Å². The molecule has 0 aromatic rings. The third-order valence-corrected chi connectivity index (χ3v) is 2.80. The highest BCUT2D eigenvalue weighted by atomic mass is 16.5. The Bertz CT molecular complexity index is 213. The van der Waals surface area contributed by atoms with Gasteiger partial charge in [-0.15, -0.1) is 13.2 Å². The average molecular weight is 192 g/mol. The molecular formula is C13H20O. The molecule has 1 unspecified atom stereocenters. The smallest absolute Gasteiger partial charge is 0.0704 e. The second-order valence-electron chi connectivity index (χ2n) is 4.11. The van der Waals surface area contributed by atoms with Crippen LogP contribution in [0.5, 0.6) is 0 Å². The third kappa shape index (κ3) is 2.58. The molecule has 78 valence electrons. The van der Waals surface area contributed by atoms with Crippen molar-refractivity contribution in [1.82, 2.24) is 0 Å². The Balaban J connectivity index is 2.54. The van der Waals surface area contributed by atoms with Gasteiger partial charge in [0.25, 0.3) is 0 Å². The van der Waals surface area contributed by atoms with Crippen LogP contribution in [0, 0.1) is 11.8 Å². The van der Waals surface area contributed by atoms with Crippen molar-refractivity contribution in [2.75, 3.05) is 6.61 Å². The molecule has 0 spiro atoms. The minimum absolute atomic E-state index is 0.265. The molecule has 1 heteroatoms. The summed E-state index contributed by atoms with van der Waals surface area (Å²) in [7, 11) is 0. The first-order valence-corrected chi connectivity index (χ1v) is 5.20. The van der Waals surface area contributed by atoms with Gasteiger partial charge in [-0.1, -0.05) is 24.3 Å². The van der Waals surface area contributed by atoms with Crippen LogP contribution in [-0.4, -0.2) is 12.7 Å². The lowest BCUT2D eigenvalue weighted by Crippen LogP contribution is -2.23. The van der Waals surface area contributed by atoms with E-state index in [4.69, 9.17) is 4.74 Å². The molecule has 1 nitrogen and oxygen atoms in total. The Hall–Kier alpha value is -0.820. The number of hydrogen-bond acceptors (Lipinski definition) is 1. The molecule has 0 aliphatic heterocycles. The zero-order valence-electron chi connectivity index (χ0n) is 9.04. The van der Waals surface area contributed by atoms with E-state index in [0.29, 0.717) is 18.4 Å². The van der Waals surface area contributed by atoms with Crippen molar-refractivity contribution in [3.05, 3.63) is 37.5 Å². The van der Waals surface area contributed by atoms with Gasteiger partial charge >= 0.3 is 0 Å². The van der Waals surface area contributed by atoms with Crippen LogP contribution in [0.15, 0.2) is 37.5 Å². The highest BCUT2D eigenvalue weighted by Gasteiger charge is 2.33. The van der Waals surface area contributed by atoms with Crippen molar-refractivity contribution in [3.63, 3.8) is 0 Å². The molecule has 1 rings (SSSR count). The Labute approximate surface area is 87.2 Å². The quantitative estimate of drug-likeness (QED) is 0.607. The first-order chi connectivity index (χ1) is 6.69. The van der Waals surface area contributed by atoms with Crippen LogP contribution in [0.3, 0.4) is 0 Å². The summed E-state index contributed by atoms with van der Waals surface area (Å²) < 4.78 is 5.83. The minimum atomic E-state index is 0.265. The van der Waals surface area contributed by atoms with Gasteiger partial charge in [0.2, 0.25) is 0 Å². The number of hydrogen-bond donors (Lipinski definition) is 0. The Morgan fingerprint density at radius 1 is 1.29 bits per heavy atom. The molecule has 1 fully saturated rings. The van der Waals surface area contributed by atoms with Gasteiger partial charge in [0, 0.05) is 11.8 Å². The van der Waals surface area contributed by atoms with Gasteiger partial charge in [0.1, 0.15) is 0 Å². The molecule has 0 aromatic heterocycles. The van der Waals surface area contributed by atoms with Gasteiger partial charge in [0.05, 0.1) is 12.7 Å². The van der Waals surface area contributed by atoms with E-state index in [-0.39, 0.29) is 6.10 Å². The molecule has 1 aliphatic carbocycles. The zero-order chi connectivity index (χ0) is 10.6. The molecule has 1 aliphatic rings. The molecule has 0 amide bonds. The molecule has 14 heavy (non-hydrogen) atoms. The second kappa shape index (κ2) is 5.16. The van der Waals surface area contributed by atoms with Crippen molar-refractivity contribution < 1.29 is 4.74 Å². The van der Waals surface area contributed by atoms with Crippen molar-refractivity contribution in [3.8, 4) is 0 Å². The van der Waals surface area contributed by atoms with Crippen LogP contribution in [0.25, 0.3) is 0 Å². The Kier molecular flexibility index (Phi) is 4.15. The fourth-order valence-corrected chi connectivity index (χ4v) is 2.02. The lowest BCUT2D eigenvalue weighted by Gasteiger charge is -2.21. The van der Waals surface area contributed by atoms with Crippen LogP contribution in [0.4, 0.5) is 0 Å². The van der Waals surface area contributed by atoms with Gasteiger partial charge in [-0.3, -0.25) is 0 Å². The van der Waals surface area contributed by atoms with Gasteiger partial charge in [0.15, 0.2) is 0 Å². The maximum Gasteiger partial charge on any atom is 0.0704 e. The van der Waals surface area contributed by atoms with E-state index in [2.05, 4.69) is 19.7 Å². The fraction of sp³-hybridized carbons (Fsp3) is 0.538. The minimum Gasteiger partial charge on any atom is -0.373 e. The number of ether oxygens (including phenoxy) is 1. The molecule has 0 radical (unpaired) electrons. The van der Waals surface area contributed by atoms with Crippen molar-refractivity contribution in [2.24, 2.45) is 11.8 Å². The van der Waals surface area contributed by atoms with Gasteiger partial charge in [-0.05, 0) is 19.8 Å². The van der Waals surface area contributed by atoms with E-state index in [1.54, 1.807) is 0 Å². The summed E-state index contributed by atoms with van der Waals surface area (Å²) in [5, 5.41) is 0. The first kappa shape index (κ1) is 11.3. The van der Waals surface area contributed by atoms with Crippen molar-refractivity contribution in [2.45, 2.75) is 25.9 Å². The van der Waals surface area contributed by atoms with E-state index < -0.39 is 0 Å². The van der Waals surface area contributed by atoms with E-state index in [1.807, 2.05) is 19.1 Å². The van der Waals surface area contributed by atoms with Crippen LogP contribution >= 0.6 is 0 Å². The van der Waals surface area contributed by atoms with Crippen molar-refractivity contribution >= 4 is 0 Å². The van der Waals surface area contributed by atoms with Crippen molar-refractivity contribution in [1.29, 1.82) is 0 Å². The summed E-state index contributed by atoms with van der Waals surface area (Å²) in [6.07, 6.45) is 6.61. The Morgan fingerprint density at radius 3 is 2.14 bits per heavy atom. The van der Waals surface area contributed by atoms with E-state index in [1.165, 1.54) is 12.8 Å². The molecular weight excluding hydrogens is 172 g/mol. The van der Waals surface area contributed by atoms with Crippen LogP contribution in [0.2, 0.25) is 0 Å². The molecule has 0 heterocycles. The lowest BCUT2D eigenvalue weighted by molar-refractivity contribution is 0.0362. The summed E-state index contributed by atoms with van der Waals surface area (Å²) in [6.45, 7) is 14.2. The van der Waals surface area contributed by atoms with Crippen LogP contribution in [0.1, 0.15) is 19.8 Å². The highest BCUT2D eigenvalue weighted by Crippen LogP contribution is 2.35. The highest BCUT2D eigenvalue weighted by molar-refractivity contribution is 5.01. The SMILES string of the molecule is C=C[C@@H]1CC[C@H](C=C)C1OCC(=C)C. The third-order valence-electron chi connectivity index (χ3n) is 2.80. The summed E-state index contributed by atoms with van der Waals surface area (Å²) in [5.41, 5.74) is 1.07. The molecule has 0 bridgehead atoms. The lowest BCUT2D eigenvalue weighted by atomic mass is 10.0. The van der Waals surface area contributed by atoms with Crippen LogP contribution < -0.4 is 0 Å². The largest absolute Gasteiger partial charge is 0.373 e. The molecule has 3 atom stereocenters. The van der Waals surface area contributed by atoms with E-state index in [9.17, 15) is 0 Å². The van der Waals surface area contributed by atoms with Crippen LogP contribution in [-0.2, 0) is 4.74 Å².